The third-order valence-corrected chi connectivity index (χ3v) is 3.42. The van der Waals surface area contributed by atoms with Crippen LogP contribution in [-0.2, 0) is 0 Å². The van der Waals surface area contributed by atoms with Crippen LogP contribution in [0.4, 0.5) is 17.3 Å². The Labute approximate surface area is 113 Å². The predicted octanol–water partition coefficient (Wildman–Crippen LogP) is 3.11. The minimum absolute atomic E-state index is 0.408. The Morgan fingerprint density at radius 2 is 1.84 bits per heavy atom. The molecular formula is C15H18N4. The fourth-order valence-corrected chi connectivity index (χ4v) is 2.41. The summed E-state index contributed by atoms with van der Waals surface area (Å²) in [6.45, 7) is 7.27. The normalized spacial score (nSPS) is 14.1. The largest absolute Gasteiger partial charge is 0.333 e. The molecule has 0 saturated carbocycles. The van der Waals surface area contributed by atoms with E-state index >= 15 is 0 Å². The first-order valence-corrected chi connectivity index (χ1v) is 6.58. The van der Waals surface area contributed by atoms with E-state index in [4.69, 9.17) is 0 Å². The first kappa shape index (κ1) is 12.0. The van der Waals surface area contributed by atoms with Gasteiger partial charge in [0.2, 0.25) is 0 Å². The standard InChI is InChI=1S/C15H18N4/c1-11(2)18-10-19(13-6-4-5-12(3)9-13)15-14(18)16-7-8-17-15/h4-9,11H,10H2,1-3H3. The van der Waals surface area contributed by atoms with Gasteiger partial charge in [-0.2, -0.15) is 0 Å². The van der Waals surface area contributed by atoms with Gasteiger partial charge in [-0.25, -0.2) is 9.97 Å². The summed E-state index contributed by atoms with van der Waals surface area (Å²) in [5.41, 5.74) is 2.43. The van der Waals surface area contributed by atoms with Crippen molar-refractivity contribution in [2.45, 2.75) is 26.8 Å². The fourth-order valence-electron chi connectivity index (χ4n) is 2.41. The summed E-state index contributed by atoms with van der Waals surface area (Å²) in [4.78, 5) is 13.5. The number of hydrogen-bond donors (Lipinski definition) is 0. The molecule has 98 valence electrons. The van der Waals surface area contributed by atoms with Crippen molar-refractivity contribution in [2.24, 2.45) is 0 Å². The molecule has 0 atom stereocenters. The van der Waals surface area contributed by atoms with E-state index in [2.05, 4.69) is 64.8 Å². The number of aromatic nitrogens is 2. The maximum atomic E-state index is 4.50. The lowest BCUT2D eigenvalue weighted by Gasteiger charge is -2.24. The average Bonchev–Trinajstić information content (AvgIpc) is 2.78. The van der Waals surface area contributed by atoms with Gasteiger partial charge < -0.3 is 9.80 Å². The number of anilines is 3. The van der Waals surface area contributed by atoms with Crippen LogP contribution in [0.3, 0.4) is 0 Å². The molecule has 1 aliphatic rings. The Bertz CT molecular complexity index is 594. The lowest BCUT2D eigenvalue weighted by molar-refractivity contribution is 0.702. The maximum Gasteiger partial charge on any atom is 0.178 e. The van der Waals surface area contributed by atoms with E-state index < -0.39 is 0 Å². The number of rotatable bonds is 2. The van der Waals surface area contributed by atoms with Gasteiger partial charge in [-0.3, -0.25) is 0 Å². The Morgan fingerprint density at radius 3 is 2.53 bits per heavy atom. The molecule has 0 N–H and O–H groups in total. The molecule has 0 aliphatic carbocycles. The van der Waals surface area contributed by atoms with Crippen molar-refractivity contribution in [3.63, 3.8) is 0 Å². The van der Waals surface area contributed by atoms with Gasteiger partial charge in [0.25, 0.3) is 0 Å². The quantitative estimate of drug-likeness (QED) is 0.824. The molecule has 0 radical (unpaired) electrons. The van der Waals surface area contributed by atoms with Crippen molar-refractivity contribution in [1.82, 2.24) is 9.97 Å². The van der Waals surface area contributed by atoms with Gasteiger partial charge in [-0.1, -0.05) is 12.1 Å². The van der Waals surface area contributed by atoms with Crippen LogP contribution in [0.15, 0.2) is 36.7 Å². The van der Waals surface area contributed by atoms with E-state index in [1.54, 1.807) is 12.4 Å². The summed E-state index contributed by atoms with van der Waals surface area (Å²) >= 11 is 0. The first-order valence-electron chi connectivity index (χ1n) is 6.58. The topological polar surface area (TPSA) is 32.3 Å². The smallest absolute Gasteiger partial charge is 0.178 e. The van der Waals surface area contributed by atoms with Gasteiger partial charge in [-0.05, 0) is 38.5 Å². The van der Waals surface area contributed by atoms with Crippen molar-refractivity contribution in [3.05, 3.63) is 42.2 Å². The van der Waals surface area contributed by atoms with Gasteiger partial charge in [0.15, 0.2) is 11.6 Å². The molecule has 4 nitrogen and oxygen atoms in total. The highest BCUT2D eigenvalue weighted by Crippen LogP contribution is 2.37. The van der Waals surface area contributed by atoms with Crippen LogP contribution in [0, 0.1) is 6.92 Å². The zero-order valence-corrected chi connectivity index (χ0v) is 11.5. The van der Waals surface area contributed by atoms with E-state index in [-0.39, 0.29) is 0 Å². The second-order valence-corrected chi connectivity index (χ2v) is 5.18. The highest BCUT2D eigenvalue weighted by atomic mass is 15.4. The Morgan fingerprint density at radius 1 is 1.11 bits per heavy atom. The van der Waals surface area contributed by atoms with Crippen LogP contribution in [0.25, 0.3) is 0 Å². The third-order valence-electron chi connectivity index (χ3n) is 3.42. The second kappa shape index (κ2) is 4.53. The van der Waals surface area contributed by atoms with Gasteiger partial charge in [-0.15, -0.1) is 0 Å². The third kappa shape index (κ3) is 2.03. The van der Waals surface area contributed by atoms with E-state index in [0.717, 1.165) is 18.3 Å². The summed E-state index contributed by atoms with van der Waals surface area (Å²) < 4.78 is 0. The van der Waals surface area contributed by atoms with E-state index in [9.17, 15) is 0 Å². The fraction of sp³-hybridized carbons (Fsp3) is 0.333. The number of benzene rings is 1. The summed E-state index contributed by atoms with van der Waals surface area (Å²) in [7, 11) is 0. The molecule has 19 heavy (non-hydrogen) atoms. The molecule has 1 aromatic heterocycles. The van der Waals surface area contributed by atoms with Crippen LogP contribution in [0.5, 0.6) is 0 Å². The number of aryl methyl sites for hydroxylation is 1. The molecule has 0 unspecified atom stereocenters. The molecule has 1 aromatic carbocycles. The summed E-state index contributed by atoms with van der Waals surface area (Å²) in [6.07, 6.45) is 3.51. The SMILES string of the molecule is Cc1cccc(N2CN(C(C)C)c3nccnc32)c1. The van der Waals surface area contributed by atoms with Gasteiger partial charge in [0.1, 0.15) is 0 Å². The van der Waals surface area contributed by atoms with Crippen molar-refractivity contribution in [1.29, 1.82) is 0 Å². The highest BCUT2D eigenvalue weighted by Gasteiger charge is 2.30. The molecule has 0 bridgehead atoms. The van der Waals surface area contributed by atoms with Crippen molar-refractivity contribution in [2.75, 3.05) is 16.5 Å². The minimum Gasteiger partial charge on any atom is -0.333 e. The van der Waals surface area contributed by atoms with Gasteiger partial charge in [0.05, 0.1) is 6.67 Å². The van der Waals surface area contributed by atoms with Crippen molar-refractivity contribution in [3.8, 4) is 0 Å². The first-order chi connectivity index (χ1) is 9.16. The van der Waals surface area contributed by atoms with Crippen LogP contribution >= 0.6 is 0 Å². The summed E-state index contributed by atoms with van der Waals surface area (Å²) in [5, 5.41) is 0. The van der Waals surface area contributed by atoms with Crippen LogP contribution < -0.4 is 9.80 Å². The minimum atomic E-state index is 0.408. The molecule has 1 aliphatic heterocycles. The zero-order chi connectivity index (χ0) is 13.4. The summed E-state index contributed by atoms with van der Waals surface area (Å²) in [6, 6.07) is 8.90. The molecule has 0 fully saturated rings. The zero-order valence-electron chi connectivity index (χ0n) is 11.5. The lowest BCUT2D eigenvalue weighted by Crippen LogP contribution is -2.33. The van der Waals surface area contributed by atoms with Gasteiger partial charge >= 0.3 is 0 Å². The van der Waals surface area contributed by atoms with Crippen molar-refractivity contribution >= 4 is 17.3 Å². The van der Waals surface area contributed by atoms with Crippen LogP contribution in [-0.4, -0.2) is 22.7 Å². The highest BCUT2D eigenvalue weighted by molar-refractivity contribution is 5.76. The Kier molecular flexibility index (Phi) is 2.85. The van der Waals surface area contributed by atoms with E-state index in [1.807, 2.05) is 0 Å². The molecular weight excluding hydrogens is 236 g/mol. The number of hydrogen-bond acceptors (Lipinski definition) is 4. The predicted molar refractivity (Wildman–Crippen MR) is 77.8 cm³/mol. The second-order valence-electron chi connectivity index (χ2n) is 5.18. The van der Waals surface area contributed by atoms with Crippen LogP contribution in [0.2, 0.25) is 0 Å². The van der Waals surface area contributed by atoms with E-state index in [0.29, 0.717) is 6.04 Å². The molecule has 0 saturated heterocycles. The maximum absolute atomic E-state index is 4.50. The Hall–Kier alpha value is -2.10. The summed E-state index contributed by atoms with van der Waals surface area (Å²) in [5.74, 6) is 1.92. The van der Waals surface area contributed by atoms with Crippen molar-refractivity contribution < 1.29 is 0 Å². The molecule has 2 heterocycles. The molecule has 0 spiro atoms. The average molecular weight is 254 g/mol. The lowest BCUT2D eigenvalue weighted by atomic mass is 10.2. The van der Waals surface area contributed by atoms with Crippen LogP contribution in [0.1, 0.15) is 19.4 Å². The number of fused-ring (bicyclic) bond motifs is 1. The monoisotopic (exact) mass is 254 g/mol. The Balaban J connectivity index is 2.06. The molecule has 4 heteroatoms. The molecule has 3 rings (SSSR count). The molecule has 0 amide bonds. The molecule has 2 aromatic rings. The van der Waals surface area contributed by atoms with Gasteiger partial charge in [0, 0.05) is 24.1 Å². The number of nitrogens with zero attached hydrogens (tertiary/aromatic N) is 4. The van der Waals surface area contributed by atoms with E-state index in [1.165, 1.54) is 11.3 Å².